The van der Waals surface area contributed by atoms with Gasteiger partial charge in [0, 0.05) is 6.54 Å². The van der Waals surface area contributed by atoms with Gasteiger partial charge in [0.05, 0.1) is 19.1 Å². The van der Waals surface area contributed by atoms with E-state index in [1.54, 1.807) is 12.1 Å². The molecule has 2 N–H and O–H groups in total. The Bertz CT molecular complexity index is 817. The van der Waals surface area contributed by atoms with E-state index in [9.17, 15) is 14.4 Å². The summed E-state index contributed by atoms with van der Waals surface area (Å²) in [5, 5.41) is 5.72. The Morgan fingerprint density at radius 1 is 0.931 bits per heavy atom. The summed E-state index contributed by atoms with van der Waals surface area (Å²) in [7, 11) is 1.34. The second-order valence-corrected chi connectivity index (χ2v) is 7.18. The van der Waals surface area contributed by atoms with Gasteiger partial charge in [-0.15, -0.1) is 0 Å². The van der Waals surface area contributed by atoms with Crippen molar-refractivity contribution in [1.82, 2.24) is 10.6 Å². The molecular formula is C23H28N2O4. The van der Waals surface area contributed by atoms with E-state index in [1.807, 2.05) is 56.3 Å². The predicted octanol–water partition coefficient (Wildman–Crippen LogP) is 2.52. The van der Waals surface area contributed by atoms with E-state index in [4.69, 9.17) is 0 Å². The molecule has 0 bridgehead atoms. The zero-order valence-corrected chi connectivity index (χ0v) is 17.1. The smallest absolute Gasteiger partial charge is 0.337 e. The van der Waals surface area contributed by atoms with Crippen LogP contribution < -0.4 is 10.6 Å². The van der Waals surface area contributed by atoms with Gasteiger partial charge in [0.25, 0.3) is 0 Å². The molecule has 1 unspecified atom stereocenters. The van der Waals surface area contributed by atoms with Gasteiger partial charge in [-0.3, -0.25) is 9.59 Å². The van der Waals surface area contributed by atoms with Crippen molar-refractivity contribution in [3.63, 3.8) is 0 Å². The predicted molar refractivity (Wildman–Crippen MR) is 111 cm³/mol. The number of carbonyl (C=O) groups is 3. The molecule has 0 spiro atoms. The van der Waals surface area contributed by atoms with Crippen LogP contribution in [0.25, 0.3) is 0 Å². The number of benzene rings is 2. The molecule has 2 aromatic carbocycles. The number of carbonyl (C=O) groups excluding carboxylic acids is 3. The third-order valence-electron chi connectivity index (χ3n) is 4.56. The lowest BCUT2D eigenvalue weighted by Gasteiger charge is -2.22. The first kappa shape index (κ1) is 22.1. The number of hydrogen-bond acceptors (Lipinski definition) is 4. The van der Waals surface area contributed by atoms with Gasteiger partial charge in [0.1, 0.15) is 6.04 Å². The molecule has 0 fully saturated rings. The first-order chi connectivity index (χ1) is 13.9. The molecule has 29 heavy (non-hydrogen) atoms. The summed E-state index contributed by atoms with van der Waals surface area (Å²) in [6.45, 7) is 4.24. The summed E-state index contributed by atoms with van der Waals surface area (Å²) in [4.78, 5) is 36.3. The van der Waals surface area contributed by atoms with Gasteiger partial charge in [0.2, 0.25) is 11.8 Å². The van der Waals surface area contributed by atoms with Crippen molar-refractivity contribution < 1.29 is 19.1 Å². The van der Waals surface area contributed by atoms with Crippen LogP contribution in [0.15, 0.2) is 54.6 Å². The van der Waals surface area contributed by atoms with Crippen molar-refractivity contribution >= 4 is 17.8 Å². The highest BCUT2D eigenvalue weighted by Gasteiger charge is 2.23. The molecule has 2 aromatic rings. The third kappa shape index (κ3) is 7.07. The van der Waals surface area contributed by atoms with Gasteiger partial charge in [-0.25, -0.2) is 4.79 Å². The van der Waals surface area contributed by atoms with Crippen molar-refractivity contribution in [2.75, 3.05) is 13.7 Å². The van der Waals surface area contributed by atoms with E-state index in [2.05, 4.69) is 15.4 Å². The normalized spacial score (nSPS) is 11.6. The number of rotatable bonds is 9. The fourth-order valence-corrected chi connectivity index (χ4v) is 2.91. The monoisotopic (exact) mass is 396 g/mol. The van der Waals surface area contributed by atoms with Crippen LogP contribution >= 0.6 is 0 Å². The molecule has 6 heteroatoms. The van der Waals surface area contributed by atoms with Crippen LogP contribution in [0.5, 0.6) is 0 Å². The molecule has 0 aliphatic heterocycles. The SMILES string of the molecule is COC(=O)c1ccc(CCNC(=O)C(NC(=O)Cc2ccccc2)C(C)C)cc1. The third-order valence-corrected chi connectivity index (χ3v) is 4.56. The highest BCUT2D eigenvalue weighted by atomic mass is 16.5. The lowest BCUT2D eigenvalue weighted by Crippen LogP contribution is -2.50. The minimum Gasteiger partial charge on any atom is -0.465 e. The van der Waals surface area contributed by atoms with Crippen LogP contribution in [0.3, 0.4) is 0 Å². The zero-order valence-electron chi connectivity index (χ0n) is 17.1. The van der Waals surface area contributed by atoms with E-state index < -0.39 is 6.04 Å². The number of hydrogen-bond donors (Lipinski definition) is 2. The topological polar surface area (TPSA) is 84.5 Å². The van der Waals surface area contributed by atoms with Crippen molar-refractivity contribution in [2.45, 2.75) is 32.7 Å². The summed E-state index contributed by atoms with van der Waals surface area (Å²) in [5.74, 6) is -0.791. The molecule has 0 saturated carbocycles. The largest absolute Gasteiger partial charge is 0.465 e. The van der Waals surface area contributed by atoms with Gasteiger partial charge in [-0.2, -0.15) is 0 Å². The first-order valence-corrected chi connectivity index (χ1v) is 9.69. The highest BCUT2D eigenvalue weighted by molar-refractivity contribution is 5.89. The molecule has 0 aromatic heterocycles. The van der Waals surface area contributed by atoms with Crippen LogP contribution in [0.4, 0.5) is 0 Å². The van der Waals surface area contributed by atoms with E-state index in [1.165, 1.54) is 7.11 Å². The summed E-state index contributed by atoms with van der Waals surface area (Å²) in [5.41, 5.74) is 2.39. The Morgan fingerprint density at radius 2 is 1.59 bits per heavy atom. The molecular weight excluding hydrogens is 368 g/mol. The van der Waals surface area contributed by atoms with Gasteiger partial charge in [-0.05, 0) is 35.6 Å². The summed E-state index contributed by atoms with van der Waals surface area (Å²) in [6.07, 6.45) is 0.861. The minimum absolute atomic E-state index is 0.0333. The van der Waals surface area contributed by atoms with Crippen LogP contribution in [-0.4, -0.2) is 37.5 Å². The van der Waals surface area contributed by atoms with E-state index in [-0.39, 0.29) is 30.1 Å². The summed E-state index contributed by atoms with van der Waals surface area (Å²) >= 11 is 0. The van der Waals surface area contributed by atoms with Crippen molar-refractivity contribution in [3.8, 4) is 0 Å². The number of amides is 2. The second-order valence-electron chi connectivity index (χ2n) is 7.18. The van der Waals surface area contributed by atoms with Crippen LogP contribution in [-0.2, 0) is 27.2 Å². The summed E-state index contributed by atoms with van der Waals surface area (Å²) in [6, 6.07) is 15.9. The van der Waals surface area contributed by atoms with Gasteiger partial charge in [-0.1, -0.05) is 56.3 Å². The van der Waals surface area contributed by atoms with E-state index >= 15 is 0 Å². The molecule has 154 valence electrons. The maximum absolute atomic E-state index is 12.6. The fourth-order valence-electron chi connectivity index (χ4n) is 2.91. The summed E-state index contributed by atoms with van der Waals surface area (Å²) < 4.78 is 4.68. The molecule has 6 nitrogen and oxygen atoms in total. The minimum atomic E-state index is -0.590. The van der Waals surface area contributed by atoms with E-state index in [0.29, 0.717) is 18.5 Å². The Labute approximate surface area is 171 Å². The zero-order chi connectivity index (χ0) is 21.2. The molecule has 0 aliphatic carbocycles. The van der Waals surface area contributed by atoms with Crippen molar-refractivity contribution in [2.24, 2.45) is 5.92 Å². The molecule has 0 heterocycles. The Balaban J connectivity index is 1.84. The lowest BCUT2D eigenvalue weighted by atomic mass is 10.0. The van der Waals surface area contributed by atoms with Crippen molar-refractivity contribution in [3.05, 3.63) is 71.3 Å². The van der Waals surface area contributed by atoms with Crippen LogP contribution in [0.2, 0.25) is 0 Å². The van der Waals surface area contributed by atoms with Crippen LogP contribution in [0, 0.1) is 5.92 Å². The highest BCUT2D eigenvalue weighted by Crippen LogP contribution is 2.07. The molecule has 0 saturated heterocycles. The first-order valence-electron chi connectivity index (χ1n) is 9.69. The average molecular weight is 396 g/mol. The fraction of sp³-hybridized carbons (Fsp3) is 0.348. The Morgan fingerprint density at radius 3 is 2.17 bits per heavy atom. The van der Waals surface area contributed by atoms with Gasteiger partial charge >= 0.3 is 5.97 Å². The quantitative estimate of drug-likeness (QED) is 0.638. The molecule has 2 rings (SSSR count). The maximum Gasteiger partial charge on any atom is 0.337 e. The standard InChI is InChI=1S/C23H28N2O4/c1-16(2)21(25-20(26)15-18-7-5-4-6-8-18)22(27)24-14-13-17-9-11-19(12-10-17)23(28)29-3/h4-12,16,21H,13-15H2,1-3H3,(H,24,27)(H,25,26). The molecule has 0 aliphatic rings. The van der Waals surface area contributed by atoms with Crippen LogP contribution in [0.1, 0.15) is 35.3 Å². The Kier molecular flexibility index (Phi) is 8.40. The molecule has 0 radical (unpaired) electrons. The Hall–Kier alpha value is -3.15. The number of methoxy groups -OCH3 is 1. The van der Waals surface area contributed by atoms with Gasteiger partial charge in [0.15, 0.2) is 0 Å². The number of esters is 1. The maximum atomic E-state index is 12.6. The number of nitrogens with one attached hydrogen (secondary N) is 2. The van der Waals surface area contributed by atoms with E-state index in [0.717, 1.165) is 11.1 Å². The van der Waals surface area contributed by atoms with Crippen molar-refractivity contribution in [1.29, 1.82) is 0 Å². The second kappa shape index (κ2) is 11.0. The van der Waals surface area contributed by atoms with Gasteiger partial charge < -0.3 is 15.4 Å². The molecule has 2 amide bonds. The molecule has 1 atom stereocenters. The lowest BCUT2D eigenvalue weighted by molar-refractivity contribution is -0.129. The number of ether oxygens (including phenoxy) is 1. The average Bonchev–Trinajstić information content (AvgIpc) is 2.72.